The first kappa shape index (κ1) is 12.6. The van der Waals surface area contributed by atoms with Crippen molar-refractivity contribution in [3.63, 3.8) is 0 Å². The average molecular weight is 266 g/mol. The van der Waals surface area contributed by atoms with Crippen molar-refractivity contribution in [2.24, 2.45) is 0 Å². The Balaban J connectivity index is 2.63. The predicted octanol–water partition coefficient (Wildman–Crippen LogP) is 1.88. The van der Waals surface area contributed by atoms with Gasteiger partial charge in [-0.15, -0.1) is 0 Å². The monoisotopic (exact) mass is 266 g/mol. The predicted molar refractivity (Wildman–Crippen MR) is 68.3 cm³/mol. The van der Waals surface area contributed by atoms with E-state index in [1.807, 2.05) is 12.1 Å². The van der Waals surface area contributed by atoms with Gasteiger partial charge in [0.25, 0.3) is 0 Å². The van der Waals surface area contributed by atoms with Crippen LogP contribution in [0.2, 0.25) is 0 Å². The summed E-state index contributed by atoms with van der Waals surface area (Å²) < 4.78 is 29.1. The molecule has 0 atom stereocenters. The van der Waals surface area contributed by atoms with E-state index in [9.17, 15) is 8.42 Å². The SMILES string of the molecule is CCS(=O)(=O)c1[nH]ncc1-c1ccccc1OC. The van der Waals surface area contributed by atoms with Crippen LogP contribution >= 0.6 is 0 Å². The Morgan fingerprint density at radius 1 is 1.28 bits per heavy atom. The second kappa shape index (κ2) is 4.81. The Kier molecular flexibility index (Phi) is 3.38. The molecule has 6 heteroatoms. The molecular formula is C12H14N2O3S. The van der Waals surface area contributed by atoms with Gasteiger partial charge in [0, 0.05) is 11.1 Å². The number of methoxy groups -OCH3 is 1. The van der Waals surface area contributed by atoms with E-state index in [2.05, 4.69) is 10.2 Å². The fraction of sp³-hybridized carbons (Fsp3) is 0.250. The van der Waals surface area contributed by atoms with Gasteiger partial charge in [-0.2, -0.15) is 5.10 Å². The lowest BCUT2D eigenvalue weighted by Gasteiger charge is -2.08. The van der Waals surface area contributed by atoms with Crippen LogP contribution < -0.4 is 4.74 Å². The van der Waals surface area contributed by atoms with E-state index in [0.29, 0.717) is 16.9 Å². The van der Waals surface area contributed by atoms with E-state index in [1.54, 1.807) is 26.2 Å². The number of hydrogen-bond donors (Lipinski definition) is 1. The highest BCUT2D eigenvalue weighted by molar-refractivity contribution is 7.91. The van der Waals surface area contributed by atoms with Gasteiger partial charge in [-0.3, -0.25) is 5.10 Å². The minimum atomic E-state index is -3.33. The van der Waals surface area contributed by atoms with Crippen molar-refractivity contribution < 1.29 is 13.2 Å². The second-order valence-corrected chi connectivity index (χ2v) is 5.93. The van der Waals surface area contributed by atoms with E-state index in [-0.39, 0.29) is 10.8 Å². The van der Waals surface area contributed by atoms with Gasteiger partial charge in [0.1, 0.15) is 5.75 Å². The van der Waals surface area contributed by atoms with Gasteiger partial charge in [0.05, 0.1) is 19.1 Å². The number of para-hydroxylation sites is 1. The Morgan fingerprint density at radius 3 is 2.67 bits per heavy atom. The van der Waals surface area contributed by atoms with Crippen molar-refractivity contribution in [3.8, 4) is 16.9 Å². The van der Waals surface area contributed by atoms with Gasteiger partial charge < -0.3 is 4.74 Å². The first-order valence-electron chi connectivity index (χ1n) is 5.49. The maximum Gasteiger partial charge on any atom is 0.195 e. The molecule has 1 aromatic heterocycles. The zero-order valence-corrected chi connectivity index (χ0v) is 11.0. The van der Waals surface area contributed by atoms with Crippen LogP contribution in [0.3, 0.4) is 0 Å². The molecule has 0 aliphatic rings. The van der Waals surface area contributed by atoms with Gasteiger partial charge in [-0.05, 0) is 6.07 Å². The van der Waals surface area contributed by atoms with Crippen LogP contribution in [0.5, 0.6) is 5.75 Å². The summed E-state index contributed by atoms with van der Waals surface area (Å²) in [6.45, 7) is 1.60. The lowest BCUT2D eigenvalue weighted by atomic mass is 10.1. The highest BCUT2D eigenvalue weighted by Crippen LogP contribution is 2.33. The van der Waals surface area contributed by atoms with Crippen LogP contribution in [0, 0.1) is 0 Å². The maximum absolute atomic E-state index is 11.9. The molecule has 2 aromatic rings. The van der Waals surface area contributed by atoms with E-state index in [4.69, 9.17) is 4.74 Å². The Morgan fingerprint density at radius 2 is 2.00 bits per heavy atom. The second-order valence-electron chi connectivity index (χ2n) is 3.72. The number of hydrogen-bond acceptors (Lipinski definition) is 4. The maximum atomic E-state index is 11.9. The summed E-state index contributed by atoms with van der Waals surface area (Å²) in [4.78, 5) is 0. The van der Waals surface area contributed by atoms with E-state index in [1.165, 1.54) is 6.20 Å². The molecule has 0 fully saturated rings. The molecule has 0 amide bonds. The third-order valence-electron chi connectivity index (χ3n) is 2.69. The summed E-state index contributed by atoms with van der Waals surface area (Å²) in [6, 6.07) is 7.24. The number of nitrogens with one attached hydrogen (secondary N) is 1. The van der Waals surface area contributed by atoms with Crippen molar-refractivity contribution in [1.29, 1.82) is 0 Å². The van der Waals surface area contributed by atoms with Crippen molar-refractivity contribution >= 4 is 9.84 Å². The van der Waals surface area contributed by atoms with Crippen LogP contribution in [0.4, 0.5) is 0 Å². The number of aromatic amines is 1. The molecule has 0 saturated carbocycles. The largest absolute Gasteiger partial charge is 0.496 e. The summed E-state index contributed by atoms with van der Waals surface area (Å²) in [5, 5.41) is 6.52. The Hall–Kier alpha value is -1.82. The lowest BCUT2D eigenvalue weighted by molar-refractivity contribution is 0.416. The van der Waals surface area contributed by atoms with E-state index < -0.39 is 9.84 Å². The molecule has 0 saturated heterocycles. The molecule has 0 aliphatic heterocycles. The summed E-state index contributed by atoms with van der Waals surface area (Å²) in [6.07, 6.45) is 1.50. The summed E-state index contributed by atoms with van der Waals surface area (Å²) >= 11 is 0. The smallest absolute Gasteiger partial charge is 0.195 e. The molecular weight excluding hydrogens is 252 g/mol. The molecule has 0 bridgehead atoms. The van der Waals surface area contributed by atoms with Crippen molar-refractivity contribution in [2.45, 2.75) is 11.9 Å². The number of aromatic nitrogens is 2. The zero-order chi connectivity index (χ0) is 13.2. The van der Waals surface area contributed by atoms with Crippen molar-refractivity contribution in [3.05, 3.63) is 30.5 Å². The summed E-state index contributed by atoms with van der Waals surface area (Å²) in [5.41, 5.74) is 1.25. The molecule has 1 heterocycles. The quantitative estimate of drug-likeness (QED) is 0.917. The van der Waals surface area contributed by atoms with Crippen LogP contribution in [-0.2, 0) is 9.84 Å². The normalized spacial score (nSPS) is 11.4. The molecule has 0 aliphatic carbocycles. The van der Waals surface area contributed by atoms with Gasteiger partial charge in [0.2, 0.25) is 0 Å². The first-order chi connectivity index (χ1) is 8.60. The van der Waals surface area contributed by atoms with Crippen molar-refractivity contribution in [2.75, 3.05) is 12.9 Å². The highest BCUT2D eigenvalue weighted by atomic mass is 32.2. The third-order valence-corrected chi connectivity index (χ3v) is 4.39. The average Bonchev–Trinajstić information content (AvgIpc) is 2.88. The van der Waals surface area contributed by atoms with Gasteiger partial charge in [-0.25, -0.2) is 8.42 Å². The van der Waals surface area contributed by atoms with Crippen LogP contribution in [0.25, 0.3) is 11.1 Å². The Labute approximate surface area is 106 Å². The number of H-pyrrole nitrogens is 1. The van der Waals surface area contributed by atoms with E-state index >= 15 is 0 Å². The topological polar surface area (TPSA) is 72.0 Å². The van der Waals surface area contributed by atoms with Crippen LogP contribution in [-0.4, -0.2) is 31.5 Å². The number of sulfone groups is 1. The zero-order valence-electron chi connectivity index (χ0n) is 10.2. The molecule has 18 heavy (non-hydrogen) atoms. The molecule has 0 radical (unpaired) electrons. The molecule has 96 valence electrons. The minimum Gasteiger partial charge on any atom is -0.496 e. The van der Waals surface area contributed by atoms with Crippen molar-refractivity contribution in [1.82, 2.24) is 10.2 Å². The van der Waals surface area contributed by atoms with Gasteiger partial charge >= 0.3 is 0 Å². The summed E-state index contributed by atoms with van der Waals surface area (Å²) in [5.74, 6) is 0.642. The fourth-order valence-electron chi connectivity index (χ4n) is 1.71. The molecule has 5 nitrogen and oxygen atoms in total. The highest BCUT2D eigenvalue weighted by Gasteiger charge is 2.21. The van der Waals surface area contributed by atoms with Gasteiger partial charge in [0.15, 0.2) is 14.9 Å². The number of nitrogens with zero attached hydrogens (tertiary/aromatic N) is 1. The molecule has 1 aromatic carbocycles. The molecule has 1 N–H and O–H groups in total. The first-order valence-corrected chi connectivity index (χ1v) is 7.15. The standard InChI is InChI=1S/C12H14N2O3S/c1-3-18(15,16)12-10(8-13-14-12)9-6-4-5-7-11(9)17-2/h4-8H,3H2,1-2H3,(H,13,14). The number of ether oxygens (including phenoxy) is 1. The number of benzene rings is 1. The molecule has 0 spiro atoms. The lowest BCUT2D eigenvalue weighted by Crippen LogP contribution is -2.05. The van der Waals surface area contributed by atoms with Gasteiger partial charge in [-0.1, -0.05) is 25.1 Å². The van der Waals surface area contributed by atoms with Crippen LogP contribution in [0.15, 0.2) is 35.5 Å². The van der Waals surface area contributed by atoms with Crippen LogP contribution in [0.1, 0.15) is 6.92 Å². The third kappa shape index (κ3) is 2.11. The Bertz CT molecular complexity index is 647. The minimum absolute atomic E-state index is 0.0251. The number of rotatable bonds is 4. The summed E-state index contributed by atoms with van der Waals surface area (Å²) in [7, 11) is -1.78. The fourth-order valence-corrected chi connectivity index (χ4v) is 2.69. The van der Waals surface area contributed by atoms with E-state index in [0.717, 1.165) is 0 Å². The molecule has 0 unspecified atom stereocenters. The molecule has 2 rings (SSSR count).